The third-order valence-electron chi connectivity index (χ3n) is 0.500. The van der Waals surface area contributed by atoms with E-state index in [2.05, 4.69) is 14.2 Å². The van der Waals surface area contributed by atoms with Crippen LogP contribution in [0.25, 0.3) is 0 Å². The second-order valence-electron chi connectivity index (χ2n) is 1.48. The zero-order valence-corrected chi connectivity index (χ0v) is 5.70. The van der Waals surface area contributed by atoms with Gasteiger partial charge in [0.05, 0.1) is 0 Å². The molecule has 0 spiro atoms. The molecule has 1 rings (SSSR count). The van der Waals surface area contributed by atoms with Crippen molar-refractivity contribution in [2.24, 2.45) is 0 Å². The van der Waals surface area contributed by atoms with Gasteiger partial charge in [-0.2, -0.15) is 0 Å². The molecule has 1 aliphatic rings. The van der Waals surface area contributed by atoms with Crippen LogP contribution >= 0.6 is 0 Å². The summed E-state index contributed by atoms with van der Waals surface area (Å²) in [4.78, 5) is 9.00. The zero-order chi connectivity index (χ0) is 7.82. The molecule has 0 aromatic rings. The minimum Gasteiger partial charge on any atom is -0.481 e. The van der Waals surface area contributed by atoms with Gasteiger partial charge in [0, 0.05) is 6.92 Å². The van der Waals surface area contributed by atoms with E-state index in [4.69, 9.17) is 9.90 Å². The lowest BCUT2D eigenvalue weighted by molar-refractivity contribution is -0.247. The zero-order valence-electron chi connectivity index (χ0n) is 5.70. The van der Waals surface area contributed by atoms with Gasteiger partial charge < -0.3 is 19.3 Å². The van der Waals surface area contributed by atoms with Crippen LogP contribution in [0.4, 0.5) is 0 Å². The Labute approximate surface area is 58.5 Å². The number of carbonyl (C=O) groups is 1. The van der Waals surface area contributed by atoms with Gasteiger partial charge >= 0.3 is 0 Å². The van der Waals surface area contributed by atoms with Gasteiger partial charge in [0.2, 0.25) is 0 Å². The predicted octanol–water partition coefficient (Wildman–Crippen LogP) is 0.0132. The molecule has 60 valence electrons. The molecule has 0 aromatic carbocycles. The lowest BCUT2D eigenvalue weighted by atomic mass is 10.9. The Morgan fingerprint density at radius 3 is 1.50 bits per heavy atom. The summed E-state index contributed by atoms with van der Waals surface area (Å²) in [6.45, 7) is 2.21. The number of ether oxygens (including phenoxy) is 3. The van der Waals surface area contributed by atoms with Crippen LogP contribution < -0.4 is 0 Å². The van der Waals surface area contributed by atoms with Crippen LogP contribution in [0.5, 0.6) is 0 Å². The second-order valence-corrected chi connectivity index (χ2v) is 1.48. The van der Waals surface area contributed by atoms with Gasteiger partial charge in [0.15, 0.2) is 20.4 Å². The summed E-state index contributed by atoms with van der Waals surface area (Å²) in [6, 6.07) is 0. The molecule has 0 aliphatic carbocycles. The minimum absolute atomic E-state index is 0.375. The van der Waals surface area contributed by atoms with E-state index in [9.17, 15) is 0 Å². The van der Waals surface area contributed by atoms with E-state index < -0.39 is 5.97 Å². The van der Waals surface area contributed by atoms with Gasteiger partial charge in [0.1, 0.15) is 0 Å². The number of carboxylic acids is 1. The van der Waals surface area contributed by atoms with Gasteiger partial charge in [0.25, 0.3) is 5.97 Å². The molecule has 0 bridgehead atoms. The average Bonchev–Trinajstić information content (AvgIpc) is 1.90. The molecule has 1 saturated heterocycles. The van der Waals surface area contributed by atoms with E-state index in [-0.39, 0.29) is 0 Å². The molecule has 0 unspecified atom stereocenters. The Balaban J connectivity index is 0.000000180. The molecular weight excluding hydrogens is 140 g/mol. The second kappa shape index (κ2) is 6.47. The summed E-state index contributed by atoms with van der Waals surface area (Å²) < 4.78 is 13.9. The summed E-state index contributed by atoms with van der Waals surface area (Å²) in [5.74, 6) is -0.833. The van der Waals surface area contributed by atoms with Gasteiger partial charge in [-0.05, 0) is 0 Å². The lowest BCUT2D eigenvalue weighted by Gasteiger charge is -2.10. The highest BCUT2D eigenvalue weighted by Crippen LogP contribution is 1.87. The van der Waals surface area contributed by atoms with Gasteiger partial charge in [-0.1, -0.05) is 0 Å². The third-order valence-corrected chi connectivity index (χ3v) is 0.500. The standard InChI is InChI=1S/C3H6O3.C2H4O2/c1-4-2-6-3-5-1;1-2(3)4/h1-3H2;1H3,(H,3,4). The van der Waals surface area contributed by atoms with Crippen LogP contribution in [0.2, 0.25) is 0 Å². The topological polar surface area (TPSA) is 65.0 Å². The largest absolute Gasteiger partial charge is 0.481 e. The van der Waals surface area contributed by atoms with Crippen LogP contribution in [-0.4, -0.2) is 31.5 Å². The Morgan fingerprint density at radius 1 is 1.20 bits per heavy atom. The fourth-order valence-electron chi connectivity index (χ4n) is 0.279. The van der Waals surface area contributed by atoms with Crippen molar-refractivity contribution in [2.75, 3.05) is 20.4 Å². The fourth-order valence-corrected chi connectivity index (χ4v) is 0.279. The van der Waals surface area contributed by atoms with E-state index in [1.165, 1.54) is 0 Å². The first-order valence-corrected chi connectivity index (χ1v) is 2.66. The first-order valence-electron chi connectivity index (χ1n) is 2.66. The van der Waals surface area contributed by atoms with E-state index >= 15 is 0 Å². The maximum Gasteiger partial charge on any atom is 0.300 e. The van der Waals surface area contributed by atoms with Crippen LogP contribution in [0, 0.1) is 0 Å². The quantitative estimate of drug-likeness (QED) is 0.527. The van der Waals surface area contributed by atoms with Crippen molar-refractivity contribution in [3.05, 3.63) is 0 Å². The van der Waals surface area contributed by atoms with Crippen LogP contribution in [-0.2, 0) is 19.0 Å². The third kappa shape index (κ3) is 10.4. The highest BCUT2D eigenvalue weighted by molar-refractivity contribution is 5.62. The van der Waals surface area contributed by atoms with Crippen LogP contribution in [0.3, 0.4) is 0 Å². The highest BCUT2D eigenvalue weighted by atomic mass is 16.8. The molecule has 0 aromatic heterocycles. The monoisotopic (exact) mass is 150 g/mol. The van der Waals surface area contributed by atoms with Gasteiger partial charge in [-0.25, -0.2) is 0 Å². The molecule has 1 fully saturated rings. The SMILES string of the molecule is C1OCOCO1.CC(=O)O. The highest BCUT2D eigenvalue weighted by Gasteiger charge is 1.93. The van der Waals surface area contributed by atoms with Gasteiger partial charge in [-0.3, -0.25) is 4.79 Å². The normalized spacial score (nSPS) is 16.9. The summed E-state index contributed by atoms with van der Waals surface area (Å²) in [7, 11) is 0. The summed E-state index contributed by atoms with van der Waals surface area (Å²) in [5, 5.41) is 7.42. The lowest BCUT2D eigenvalue weighted by Crippen LogP contribution is -2.14. The maximum atomic E-state index is 9.00. The smallest absolute Gasteiger partial charge is 0.300 e. The Morgan fingerprint density at radius 2 is 1.40 bits per heavy atom. The number of hydrogen-bond acceptors (Lipinski definition) is 4. The molecule has 1 N–H and O–H groups in total. The van der Waals surface area contributed by atoms with E-state index in [0.717, 1.165) is 6.92 Å². The summed E-state index contributed by atoms with van der Waals surface area (Å²) in [5.41, 5.74) is 0. The van der Waals surface area contributed by atoms with Crippen molar-refractivity contribution in [1.29, 1.82) is 0 Å². The molecule has 5 nitrogen and oxygen atoms in total. The Hall–Kier alpha value is -0.650. The van der Waals surface area contributed by atoms with E-state index in [0.29, 0.717) is 20.4 Å². The molecule has 10 heavy (non-hydrogen) atoms. The number of hydrogen-bond donors (Lipinski definition) is 1. The van der Waals surface area contributed by atoms with Crippen molar-refractivity contribution in [1.82, 2.24) is 0 Å². The predicted molar refractivity (Wildman–Crippen MR) is 31.2 cm³/mol. The minimum atomic E-state index is -0.833. The molecule has 1 heterocycles. The van der Waals surface area contributed by atoms with Crippen molar-refractivity contribution in [3.8, 4) is 0 Å². The van der Waals surface area contributed by atoms with Gasteiger partial charge in [-0.15, -0.1) is 0 Å². The molecule has 5 heteroatoms. The Bertz CT molecular complexity index is 72.5. The number of rotatable bonds is 0. The first-order chi connectivity index (χ1) is 4.73. The molecular formula is C5H10O5. The maximum absolute atomic E-state index is 9.00. The van der Waals surface area contributed by atoms with Crippen LogP contribution in [0.15, 0.2) is 0 Å². The van der Waals surface area contributed by atoms with Crippen molar-refractivity contribution in [3.63, 3.8) is 0 Å². The molecule has 0 saturated carbocycles. The number of carboxylic acid groups (broad SMARTS) is 1. The summed E-state index contributed by atoms with van der Waals surface area (Å²) >= 11 is 0. The van der Waals surface area contributed by atoms with E-state index in [1.807, 2.05) is 0 Å². The molecule has 0 amide bonds. The molecule has 0 atom stereocenters. The molecule has 1 aliphatic heterocycles. The number of aliphatic carboxylic acids is 1. The molecule has 0 radical (unpaired) electrons. The average molecular weight is 150 g/mol. The van der Waals surface area contributed by atoms with E-state index in [1.54, 1.807) is 0 Å². The van der Waals surface area contributed by atoms with Crippen molar-refractivity contribution < 1.29 is 24.1 Å². The van der Waals surface area contributed by atoms with Crippen molar-refractivity contribution >= 4 is 5.97 Å². The first kappa shape index (κ1) is 9.35. The Kier molecular flexibility index (Phi) is 6.05. The van der Waals surface area contributed by atoms with Crippen molar-refractivity contribution in [2.45, 2.75) is 6.92 Å². The summed E-state index contributed by atoms with van der Waals surface area (Å²) in [6.07, 6.45) is 0. The van der Waals surface area contributed by atoms with Crippen LogP contribution in [0.1, 0.15) is 6.92 Å². The fraction of sp³-hybridized carbons (Fsp3) is 0.800.